The van der Waals surface area contributed by atoms with Crippen molar-refractivity contribution in [1.82, 2.24) is 10.2 Å². The molecule has 2 N–H and O–H groups in total. The van der Waals surface area contributed by atoms with E-state index in [9.17, 15) is 5.11 Å². The van der Waals surface area contributed by atoms with Crippen molar-refractivity contribution in [1.29, 1.82) is 0 Å². The van der Waals surface area contributed by atoms with Gasteiger partial charge in [0.2, 0.25) is 0 Å². The predicted molar refractivity (Wildman–Crippen MR) is 76.8 cm³/mol. The number of aliphatic hydroxyl groups is 1. The van der Waals surface area contributed by atoms with Gasteiger partial charge in [0.1, 0.15) is 0 Å². The lowest BCUT2D eigenvalue weighted by atomic mass is 10.1. The van der Waals surface area contributed by atoms with Crippen LogP contribution in [0.3, 0.4) is 0 Å². The maximum Gasteiger partial charge on any atom is 0.0626 e. The van der Waals surface area contributed by atoms with Crippen molar-refractivity contribution in [2.75, 3.05) is 32.8 Å². The van der Waals surface area contributed by atoms with Gasteiger partial charge in [-0.05, 0) is 25.6 Å². The fraction of sp³-hybridized carbons (Fsp3) is 0.600. The zero-order chi connectivity index (χ0) is 13.4. The second-order valence-electron chi connectivity index (χ2n) is 4.63. The molecule has 0 aliphatic rings. The summed E-state index contributed by atoms with van der Waals surface area (Å²) in [4.78, 5) is 2.37. The molecule has 0 saturated carbocycles. The van der Waals surface area contributed by atoms with E-state index >= 15 is 0 Å². The quantitative estimate of drug-likeness (QED) is 0.740. The maximum absolute atomic E-state index is 9.45. The highest BCUT2D eigenvalue weighted by atomic mass is 16.3. The van der Waals surface area contributed by atoms with Crippen molar-refractivity contribution in [3.63, 3.8) is 0 Å². The summed E-state index contributed by atoms with van der Waals surface area (Å²) in [6.45, 7) is 10.6. The van der Waals surface area contributed by atoms with Gasteiger partial charge in [0, 0.05) is 13.1 Å². The molecule has 3 nitrogen and oxygen atoms in total. The third-order valence-corrected chi connectivity index (χ3v) is 3.38. The van der Waals surface area contributed by atoms with Crippen LogP contribution in [0.5, 0.6) is 0 Å². The zero-order valence-corrected chi connectivity index (χ0v) is 11.8. The molecule has 1 aromatic rings. The maximum atomic E-state index is 9.45. The normalized spacial score (nSPS) is 12.9. The van der Waals surface area contributed by atoms with Gasteiger partial charge in [-0.15, -0.1) is 0 Å². The Bertz CT molecular complexity index is 320. The molecule has 0 aliphatic heterocycles. The summed E-state index contributed by atoms with van der Waals surface area (Å²) in [6, 6.07) is 8.39. The summed E-state index contributed by atoms with van der Waals surface area (Å²) in [6.07, 6.45) is 0. The smallest absolute Gasteiger partial charge is 0.0626 e. The first-order valence-corrected chi connectivity index (χ1v) is 6.84. The van der Waals surface area contributed by atoms with E-state index in [2.05, 4.69) is 55.3 Å². The van der Waals surface area contributed by atoms with E-state index in [1.807, 2.05) is 0 Å². The standard InChI is InChI=1S/C15H26N2O/c1-4-17(5-2)11-10-16-15(12-18)14-8-6-13(3)7-9-14/h6-9,15-16,18H,4-5,10-12H2,1-3H3. The first kappa shape index (κ1) is 15.2. The fourth-order valence-corrected chi connectivity index (χ4v) is 2.02. The lowest BCUT2D eigenvalue weighted by Gasteiger charge is -2.21. The molecule has 102 valence electrons. The Balaban J connectivity index is 2.44. The van der Waals surface area contributed by atoms with E-state index < -0.39 is 0 Å². The lowest BCUT2D eigenvalue weighted by Crippen LogP contribution is -2.34. The number of benzene rings is 1. The van der Waals surface area contributed by atoms with Crippen LogP contribution in [0.1, 0.15) is 31.0 Å². The molecule has 1 rings (SSSR count). The van der Waals surface area contributed by atoms with Crippen LogP contribution < -0.4 is 5.32 Å². The summed E-state index contributed by atoms with van der Waals surface area (Å²) < 4.78 is 0. The Morgan fingerprint density at radius 3 is 2.28 bits per heavy atom. The number of hydrogen-bond donors (Lipinski definition) is 2. The molecule has 0 amide bonds. The van der Waals surface area contributed by atoms with Crippen molar-refractivity contribution < 1.29 is 5.11 Å². The average Bonchev–Trinajstić information content (AvgIpc) is 2.41. The Labute approximate surface area is 111 Å². The summed E-state index contributed by atoms with van der Waals surface area (Å²) in [5.74, 6) is 0. The molecule has 1 unspecified atom stereocenters. The highest BCUT2D eigenvalue weighted by Gasteiger charge is 2.09. The molecule has 18 heavy (non-hydrogen) atoms. The first-order valence-electron chi connectivity index (χ1n) is 6.84. The van der Waals surface area contributed by atoms with Gasteiger partial charge >= 0.3 is 0 Å². The van der Waals surface area contributed by atoms with E-state index in [-0.39, 0.29) is 12.6 Å². The monoisotopic (exact) mass is 250 g/mol. The van der Waals surface area contributed by atoms with Crippen LogP contribution in [0.25, 0.3) is 0 Å². The Morgan fingerprint density at radius 1 is 1.17 bits per heavy atom. The van der Waals surface area contributed by atoms with Gasteiger partial charge in [-0.1, -0.05) is 43.7 Å². The van der Waals surface area contributed by atoms with Crippen molar-refractivity contribution in [2.24, 2.45) is 0 Å². The van der Waals surface area contributed by atoms with Crippen molar-refractivity contribution in [3.05, 3.63) is 35.4 Å². The van der Waals surface area contributed by atoms with Crippen molar-refractivity contribution in [2.45, 2.75) is 26.8 Å². The third-order valence-electron chi connectivity index (χ3n) is 3.38. The van der Waals surface area contributed by atoms with Crippen LogP contribution in [0, 0.1) is 6.92 Å². The zero-order valence-electron chi connectivity index (χ0n) is 11.8. The molecule has 0 spiro atoms. The number of aliphatic hydroxyl groups excluding tert-OH is 1. The number of hydrogen-bond acceptors (Lipinski definition) is 3. The number of nitrogens with one attached hydrogen (secondary N) is 1. The SMILES string of the molecule is CCN(CC)CCNC(CO)c1ccc(C)cc1. The average molecular weight is 250 g/mol. The number of nitrogens with zero attached hydrogens (tertiary/aromatic N) is 1. The second kappa shape index (κ2) is 8.25. The second-order valence-corrected chi connectivity index (χ2v) is 4.63. The molecule has 0 aliphatic carbocycles. The Morgan fingerprint density at radius 2 is 1.78 bits per heavy atom. The molecule has 1 aromatic carbocycles. The van der Waals surface area contributed by atoms with Crippen molar-refractivity contribution >= 4 is 0 Å². The van der Waals surface area contributed by atoms with Crippen LogP contribution in [-0.4, -0.2) is 42.8 Å². The third kappa shape index (κ3) is 4.77. The molecular weight excluding hydrogens is 224 g/mol. The molecule has 1 atom stereocenters. The van der Waals surface area contributed by atoms with Crippen LogP contribution >= 0.6 is 0 Å². The summed E-state index contributed by atoms with van der Waals surface area (Å²) in [7, 11) is 0. The minimum Gasteiger partial charge on any atom is -0.394 e. The molecule has 0 heterocycles. The largest absolute Gasteiger partial charge is 0.394 e. The van der Waals surface area contributed by atoms with Crippen LogP contribution in [0.4, 0.5) is 0 Å². The Hall–Kier alpha value is -0.900. The van der Waals surface area contributed by atoms with E-state index in [1.165, 1.54) is 5.56 Å². The molecule has 0 bridgehead atoms. The molecular formula is C15H26N2O. The number of rotatable bonds is 8. The van der Waals surface area contributed by atoms with E-state index in [0.29, 0.717) is 0 Å². The summed E-state index contributed by atoms with van der Waals surface area (Å²) >= 11 is 0. The minimum atomic E-state index is 0.0427. The minimum absolute atomic E-state index is 0.0427. The summed E-state index contributed by atoms with van der Waals surface area (Å²) in [5.41, 5.74) is 2.40. The molecule has 0 fully saturated rings. The van der Waals surface area contributed by atoms with Crippen LogP contribution in [0.2, 0.25) is 0 Å². The molecule has 0 aromatic heterocycles. The van der Waals surface area contributed by atoms with Gasteiger partial charge in [0.15, 0.2) is 0 Å². The van der Waals surface area contributed by atoms with Gasteiger partial charge < -0.3 is 15.3 Å². The molecule has 0 saturated heterocycles. The highest BCUT2D eigenvalue weighted by Crippen LogP contribution is 2.12. The Kier molecular flexibility index (Phi) is 6.94. The predicted octanol–water partition coefficient (Wildman–Crippen LogP) is 1.96. The highest BCUT2D eigenvalue weighted by molar-refractivity contribution is 5.24. The van der Waals surface area contributed by atoms with Crippen molar-refractivity contribution in [3.8, 4) is 0 Å². The summed E-state index contributed by atoms with van der Waals surface area (Å²) in [5, 5.41) is 12.9. The fourth-order valence-electron chi connectivity index (χ4n) is 2.02. The van der Waals surface area contributed by atoms with Gasteiger partial charge in [-0.3, -0.25) is 0 Å². The molecule has 0 radical (unpaired) electrons. The van der Waals surface area contributed by atoms with Gasteiger partial charge in [0.25, 0.3) is 0 Å². The van der Waals surface area contributed by atoms with E-state index in [1.54, 1.807) is 0 Å². The molecule has 3 heteroatoms. The van der Waals surface area contributed by atoms with Crippen LogP contribution in [-0.2, 0) is 0 Å². The van der Waals surface area contributed by atoms with E-state index in [0.717, 1.165) is 31.7 Å². The topological polar surface area (TPSA) is 35.5 Å². The van der Waals surface area contributed by atoms with Crippen LogP contribution in [0.15, 0.2) is 24.3 Å². The van der Waals surface area contributed by atoms with Gasteiger partial charge in [-0.2, -0.15) is 0 Å². The number of likely N-dealkylation sites (N-methyl/N-ethyl adjacent to an activating group) is 1. The number of aryl methyl sites for hydroxylation is 1. The van der Waals surface area contributed by atoms with Gasteiger partial charge in [0.05, 0.1) is 12.6 Å². The van der Waals surface area contributed by atoms with E-state index in [4.69, 9.17) is 0 Å². The van der Waals surface area contributed by atoms with Gasteiger partial charge in [-0.25, -0.2) is 0 Å². The lowest BCUT2D eigenvalue weighted by molar-refractivity contribution is 0.233. The first-order chi connectivity index (χ1) is 8.71.